The highest BCUT2D eigenvalue weighted by molar-refractivity contribution is 9.10. The molecular weight excluding hydrogens is 262 g/mol. The Kier molecular flexibility index (Phi) is 4.23. The van der Waals surface area contributed by atoms with Crippen LogP contribution in [-0.4, -0.2) is 26.4 Å². The predicted octanol–water partition coefficient (Wildman–Crippen LogP) is 1.89. The van der Waals surface area contributed by atoms with E-state index in [2.05, 4.69) is 21.2 Å². The van der Waals surface area contributed by atoms with E-state index in [1.807, 2.05) is 7.05 Å². The zero-order chi connectivity index (χ0) is 11.4. The van der Waals surface area contributed by atoms with Crippen molar-refractivity contribution < 1.29 is 14.6 Å². The van der Waals surface area contributed by atoms with E-state index in [4.69, 9.17) is 9.47 Å². The van der Waals surface area contributed by atoms with Crippen LogP contribution in [0.2, 0.25) is 0 Å². The Morgan fingerprint density at radius 1 is 1.40 bits per heavy atom. The van der Waals surface area contributed by atoms with Crippen molar-refractivity contribution in [2.45, 2.75) is 6.54 Å². The minimum atomic E-state index is 0.175. The highest BCUT2D eigenvalue weighted by Crippen LogP contribution is 2.42. The molecule has 0 aliphatic rings. The molecule has 84 valence electrons. The van der Waals surface area contributed by atoms with Crippen LogP contribution in [0, 0.1) is 0 Å². The molecule has 1 aromatic rings. The molecule has 4 nitrogen and oxygen atoms in total. The Balaban J connectivity index is 3.31. The summed E-state index contributed by atoms with van der Waals surface area (Å²) >= 11 is 3.38. The van der Waals surface area contributed by atoms with Crippen molar-refractivity contribution in [3.63, 3.8) is 0 Å². The third-order valence-electron chi connectivity index (χ3n) is 2.04. The molecule has 1 aromatic carbocycles. The summed E-state index contributed by atoms with van der Waals surface area (Å²) in [6.45, 7) is 0.548. The topological polar surface area (TPSA) is 50.7 Å². The van der Waals surface area contributed by atoms with Gasteiger partial charge in [-0.3, -0.25) is 0 Å². The van der Waals surface area contributed by atoms with E-state index in [1.54, 1.807) is 7.11 Å². The van der Waals surface area contributed by atoms with Crippen molar-refractivity contribution in [3.05, 3.63) is 16.1 Å². The lowest BCUT2D eigenvalue weighted by molar-refractivity contribution is 0.348. The largest absolute Gasteiger partial charge is 0.507 e. The van der Waals surface area contributed by atoms with Gasteiger partial charge >= 0.3 is 0 Å². The molecule has 5 heteroatoms. The maximum atomic E-state index is 9.75. The van der Waals surface area contributed by atoms with Crippen molar-refractivity contribution in [1.82, 2.24) is 5.32 Å². The summed E-state index contributed by atoms with van der Waals surface area (Å²) in [5, 5.41) is 12.7. The van der Waals surface area contributed by atoms with Gasteiger partial charge in [0.1, 0.15) is 5.75 Å². The zero-order valence-corrected chi connectivity index (χ0v) is 10.5. The minimum absolute atomic E-state index is 0.175. The van der Waals surface area contributed by atoms with Gasteiger partial charge in [-0.2, -0.15) is 0 Å². The molecule has 0 bridgehead atoms. The maximum Gasteiger partial charge on any atom is 0.175 e. The van der Waals surface area contributed by atoms with Gasteiger partial charge in [-0.25, -0.2) is 0 Å². The van der Waals surface area contributed by atoms with Crippen molar-refractivity contribution in [2.75, 3.05) is 21.3 Å². The first-order valence-electron chi connectivity index (χ1n) is 4.42. The summed E-state index contributed by atoms with van der Waals surface area (Å²) < 4.78 is 11.0. The van der Waals surface area contributed by atoms with Crippen LogP contribution in [0.25, 0.3) is 0 Å². The minimum Gasteiger partial charge on any atom is -0.507 e. The Morgan fingerprint density at radius 3 is 2.53 bits per heavy atom. The number of aromatic hydroxyl groups is 1. The molecule has 0 heterocycles. The normalized spacial score (nSPS) is 10.1. The molecule has 0 saturated heterocycles. The van der Waals surface area contributed by atoms with Crippen LogP contribution < -0.4 is 14.8 Å². The van der Waals surface area contributed by atoms with E-state index in [9.17, 15) is 5.11 Å². The van der Waals surface area contributed by atoms with Crippen LogP contribution in [-0.2, 0) is 6.54 Å². The number of phenols is 1. The lowest BCUT2D eigenvalue weighted by Gasteiger charge is -2.14. The standard InChI is InChI=1S/C10H14BrNO3/c1-12-5-6-7(13)4-8(14-2)10(15-3)9(6)11/h4,12-13H,5H2,1-3H3. The monoisotopic (exact) mass is 275 g/mol. The van der Waals surface area contributed by atoms with Crippen molar-refractivity contribution in [3.8, 4) is 17.2 Å². The quantitative estimate of drug-likeness (QED) is 0.881. The van der Waals surface area contributed by atoms with Gasteiger partial charge in [0.2, 0.25) is 0 Å². The third kappa shape index (κ3) is 2.35. The van der Waals surface area contributed by atoms with E-state index in [-0.39, 0.29) is 5.75 Å². The van der Waals surface area contributed by atoms with E-state index in [0.717, 1.165) is 5.56 Å². The Hall–Kier alpha value is -0.940. The molecule has 1 rings (SSSR count). The van der Waals surface area contributed by atoms with E-state index in [0.29, 0.717) is 22.5 Å². The van der Waals surface area contributed by atoms with Gasteiger partial charge in [-0.15, -0.1) is 0 Å². The summed E-state index contributed by atoms with van der Waals surface area (Å²) in [4.78, 5) is 0. The van der Waals surface area contributed by atoms with E-state index >= 15 is 0 Å². The van der Waals surface area contributed by atoms with Crippen molar-refractivity contribution >= 4 is 15.9 Å². The van der Waals surface area contributed by atoms with Crippen molar-refractivity contribution in [1.29, 1.82) is 0 Å². The molecule has 0 aliphatic heterocycles. The summed E-state index contributed by atoms with van der Waals surface area (Å²) in [6.07, 6.45) is 0. The van der Waals surface area contributed by atoms with Gasteiger partial charge in [-0.1, -0.05) is 0 Å². The molecule has 0 amide bonds. The highest BCUT2D eigenvalue weighted by Gasteiger charge is 2.16. The predicted molar refractivity (Wildman–Crippen MR) is 61.7 cm³/mol. The van der Waals surface area contributed by atoms with Crippen LogP contribution in [0.3, 0.4) is 0 Å². The second kappa shape index (κ2) is 5.23. The number of nitrogens with one attached hydrogen (secondary N) is 1. The Morgan fingerprint density at radius 2 is 2.07 bits per heavy atom. The van der Waals surface area contributed by atoms with Gasteiger partial charge in [0.05, 0.1) is 18.7 Å². The van der Waals surface area contributed by atoms with Gasteiger partial charge in [0, 0.05) is 18.2 Å². The molecular formula is C10H14BrNO3. The van der Waals surface area contributed by atoms with Crippen LogP contribution in [0.4, 0.5) is 0 Å². The molecule has 0 aromatic heterocycles. The molecule has 0 spiro atoms. The SMILES string of the molecule is CNCc1c(O)cc(OC)c(OC)c1Br. The number of phenolic OH excluding ortho intramolecular Hbond substituents is 1. The fourth-order valence-corrected chi connectivity index (χ4v) is 2.02. The molecule has 2 N–H and O–H groups in total. The fraction of sp³-hybridized carbons (Fsp3) is 0.400. The average Bonchev–Trinajstić information content (AvgIpc) is 2.23. The molecule has 0 radical (unpaired) electrons. The van der Waals surface area contributed by atoms with E-state index in [1.165, 1.54) is 13.2 Å². The summed E-state index contributed by atoms with van der Waals surface area (Å²) in [6, 6.07) is 1.54. The summed E-state index contributed by atoms with van der Waals surface area (Å²) in [5.41, 5.74) is 0.746. The van der Waals surface area contributed by atoms with Gasteiger partial charge in [0.15, 0.2) is 11.5 Å². The highest BCUT2D eigenvalue weighted by atomic mass is 79.9. The first kappa shape index (κ1) is 12.1. The van der Waals surface area contributed by atoms with Gasteiger partial charge < -0.3 is 19.9 Å². The number of ether oxygens (including phenoxy) is 2. The lowest BCUT2D eigenvalue weighted by Crippen LogP contribution is -2.07. The molecule has 0 atom stereocenters. The smallest absolute Gasteiger partial charge is 0.175 e. The summed E-state index contributed by atoms with van der Waals surface area (Å²) in [7, 11) is 4.90. The Labute approximate surface area is 97.3 Å². The number of halogens is 1. The molecule has 0 aliphatic carbocycles. The average molecular weight is 276 g/mol. The van der Waals surface area contributed by atoms with Gasteiger partial charge in [0.25, 0.3) is 0 Å². The van der Waals surface area contributed by atoms with Crippen LogP contribution in [0.15, 0.2) is 10.5 Å². The number of hydrogen-bond donors (Lipinski definition) is 2. The third-order valence-corrected chi connectivity index (χ3v) is 2.88. The fourth-order valence-electron chi connectivity index (χ4n) is 1.32. The second-order valence-corrected chi connectivity index (χ2v) is 3.75. The van der Waals surface area contributed by atoms with Crippen molar-refractivity contribution in [2.24, 2.45) is 0 Å². The molecule has 0 saturated carbocycles. The number of rotatable bonds is 4. The number of methoxy groups -OCH3 is 2. The first-order chi connectivity index (χ1) is 7.15. The Bertz CT molecular complexity index is 355. The first-order valence-corrected chi connectivity index (χ1v) is 5.21. The maximum absolute atomic E-state index is 9.75. The number of benzene rings is 1. The summed E-state index contributed by atoms with van der Waals surface area (Å²) in [5.74, 6) is 1.26. The number of hydrogen-bond acceptors (Lipinski definition) is 4. The molecule has 0 unspecified atom stereocenters. The van der Waals surface area contributed by atoms with Crippen LogP contribution >= 0.6 is 15.9 Å². The second-order valence-electron chi connectivity index (χ2n) is 2.95. The van der Waals surface area contributed by atoms with E-state index < -0.39 is 0 Å². The van der Waals surface area contributed by atoms with Crippen LogP contribution in [0.5, 0.6) is 17.2 Å². The molecule has 0 fully saturated rings. The zero-order valence-electron chi connectivity index (χ0n) is 8.93. The molecule has 15 heavy (non-hydrogen) atoms. The van der Waals surface area contributed by atoms with Crippen LogP contribution in [0.1, 0.15) is 5.56 Å². The van der Waals surface area contributed by atoms with Gasteiger partial charge in [-0.05, 0) is 23.0 Å². The lowest BCUT2D eigenvalue weighted by atomic mass is 10.1.